The van der Waals surface area contributed by atoms with Crippen LogP contribution in [-0.2, 0) is 14.3 Å². The topological polar surface area (TPSA) is 62.2 Å². The third kappa shape index (κ3) is 4.35. The van der Waals surface area contributed by atoms with Crippen molar-refractivity contribution >= 4 is 5.91 Å². The zero-order valence-corrected chi connectivity index (χ0v) is 15.9. The molecule has 0 aromatic rings. The van der Waals surface area contributed by atoms with Crippen molar-refractivity contribution in [3.63, 3.8) is 0 Å². The monoisotopic (exact) mass is 354 g/mol. The Bertz CT molecular complexity index is 458. The second-order valence-electron chi connectivity index (χ2n) is 8.32. The van der Waals surface area contributed by atoms with Gasteiger partial charge in [0.15, 0.2) is 0 Å². The third-order valence-corrected chi connectivity index (χ3v) is 6.27. The van der Waals surface area contributed by atoms with Gasteiger partial charge in [-0.05, 0) is 44.9 Å². The molecule has 0 unspecified atom stereocenters. The molecular weight excluding hydrogens is 320 g/mol. The first-order valence-electron chi connectivity index (χ1n) is 9.84. The van der Waals surface area contributed by atoms with Crippen molar-refractivity contribution in [1.29, 1.82) is 0 Å². The maximum atomic E-state index is 12.7. The number of ether oxygens (including phenoxy) is 2. The minimum absolute atomic E-state index is 0.103. The number of morpholine rings is 1. The van der Waals surface area contributed by atoms with Gasteiger partial charge in [-0.1, -0.05) is 6.92 Å². The van der Waals surface area contributed by atoms with Crippen molar-refractivity contribution < 1.29 is 19.4 Å². The van der Waals surface area contributed by atoms with Gasteiger partial charge >= 0.3 is 0 Å². The first-order chi connectivity index (χ1) is 11.9. The molecule has 4 atom stereocenters. The van der Waals surface area contributed by atoms with E-state index in [2.05, 4.69) is 11.8 Å². The lowest BCUT2D eigenvalue weighted by Gasteiger charge is -2.48. The lowest BCUT2D eigenvalue weighted by Crippen LogP contribution is -2.58. The van der Waals surface area contributed by atoms with Gasteiger partial charge in [-0.25, -0.2) is 0 Å². The zero-order chi connectivity index (χ0) is 18.0. The molecule has 1 amide bonds. The van der Waals surface area contributed by atoms with E-state index in [9.17, 15) is 9.90 Å². The van der Waals surface area contributed by atoms with Crippen LogP contribution in [0, 0.1) is 11.8 Å². The van der Waals surface area contributed by atoms with Gasteiger partial charge in [-0.3, -0.25) is 9.69 Å². The molecule has 3 heterocycles. The van der Waals surface area contributed by atoms with Gasteiger partial charge < -0.3 is 19.5 Å². The van der Waals surface area contributed by atoms with E-state index < -0.39 is 5.60 Å². The number of hydrogen-bond acceptors (Lipinski definition) is 5. The largest absolute Gasteiger partial charge is 0.389 e. The maximum absolute atomic E-state index is 12.7. The first-order valence-corrected chi connectivity index (χ1v) is 9.84. The van der Waals surface area contributed by atoms with Gasteiger partial charge in [0, 0.05) is 39.4 Å². The van der Waals surface area contributed by atoms with Crippen molar-refractivity contribution in [3.8, 4) is 0 Å². The molecule has 0 aromatic heterocycles. The Morgan fingerprint density at radius 1 is 1.12 bits per heavy atom. The SMILES string of the molecule is C[C@@H]1CN(C(=O)CN2CC[C@@](O)(C3CCOCC3)[C@H](C)C2)C[C@H](C)O1. The van der Waals surface area contributed by atoms with Crippen LogP contribution < -0.4 is 0 Å². The number of carbonyl (C=O) groups is 1. The molecule has 6 heteroatoms. The number of aliphatic hydroxyl groups is 1. The van der Waals surface area contributed by atoms with E-state index in [1.807, 2.05) is 18.7 Å². The van der Waals surface area contributed by atoms with E-state index in [4.69, 9.17) is 9.47 Å². The van der Waals surface area contributed by atoms with Crippen molar-refractivity contribution in [1.82, 2.24) is 9.80 Å². The van der Waals surface area contributed by atoms with Crippen LogP contribution in [0.1, 0.15) is 40.0 Å². The molecule has 1 N–H and O–H groups in total. The van der Waals surface area contributed by atoms with E-state index in [1.165, 1.54) is 0 Å². The molecule has 0 aliphatic carbocycles. The van der Waals surface area contributed by atoms with Crippen molar-refractivity contribution in [2.24, 2.45) is 11.8 Å². The summed E-state index contributed by atoms with van der Waals surface area (Å²) in [7, 11) is 0. The Hall–Kier alpha value is -0.690. The molecule has 0 radical (unpaired) electrons. The Morgan fingerprint density at radius 2 is 1.76 bits per heavy atom. The van der Waals surface area contributed by atoms with Crippen LogP contribution in [0.5, 0.6) is 0 Å². The Kier molecular flexibility index (Phi) is 6.03. The van der Waals surface area contributed by atoms with Gasteiger partial charge in [0.05, 0.1) is 24.4 Å². The fourth-order valence-electron chi connectivity index (χ4n) is 4.84. The fourth-order valence-corrected chi connectivity index (χ4v) is 4.84. The average Bonchev–Trinajstić information content (AvgIpc) is 2.58. The molecule has 3 aliphatic heterocycles. The summed E-state index contributed by atoms with van der Waals surface area (Å²) in [4.78, 5) is 16.8. The summed E-state index contributed by atoms with van der Waals surface area (Å²) < 4.78 is 11.2. The van der Waals surface area contributed by atoms with Crippen LogP contribution in [0.2, 0.25) is 0 Å². The van der Waals surface area contributed by atoms with E-state index in [-0.39, 0.29) is 24.0 Å². The summed E-state index contributed by atoms with van der Waals surface area (Å²) in [6.07, 6.45) is 2.85. The van der Waals surface area contributed by atoms with Crippen molar-refractivity contribution in [2.75, 3.05) is 45.9 Å². The molecule has 0 aromatic carbocycles. The number of nitrogens with zero attached hydrogens (tertiary/aromatic N) is 2. The highest BCUT2D eigenvalue weighted by Crippen LogP contribution is 2.39. The minimum Gasteiger partial charge on any atom is -0.389 e. The van der Waals surface area contributed by atoms with Crippen LogP contribution >= 0.6 is 0 Å². The van der Waals surface area contributed by atoms with E-state index in [0.717, 1.165) is 45.6 Å². The quantitative estimate of drug-likeness (QED) is 0.823. The highest BCUT2D eigenvalue weighted by molar-refractivity contribution is 5.78. The second-order valence-corrected chi connectivity index (χ2v) is 8.32. The van der Waals surface area contributed by atoms with Crippen LogP contribution in [0.15, 0.2) is 0 Å². The standard InChI is InChI=1S/C19H34N2O4/c1-14-10-20(7-6-19(14,23)17-4-8-24-9-5-17)13-18(22)21-11-15(2)25-16(3)12-21/h14-17,23H,4-13H2,1-3H3/t14-,15-,16+,19+/m1/s1. The number of likely N-dealkylation sites (tertiary alicyclic amines) is 1. The predicted molar refractivity (Wildman–Crippen MR) is 95.3 cm³/mol. The summed E-state index contributed by atoms with van der Waals surface area (Å²) in [6, 6.07) is 0. The third-order valence-electron chi connectivity index (χ3n) is 6.27. The summed E-state index contributed by atoms with van der Waals surface area (Å²) in [5.74, 6) is 0.695. The molecule has 0 spiro atoms. The second kappa shape index (κ2) is 7.91. The van der Waals surface area contributed by atoms with E-state index in [1.54, 1.807) is 0 Å². The average molecular weight is 354 g/mol. The molecule has 3 saturated heterocycles. The van der Waals surface area contributed by atoms with E-state index in [0.29, 0.717) is 25.6 Å². The molecule has 3 aliphatic rings. The summed E-state index contributed by atoms with van der Waals surface area (Å²) in [5, 5.41) is 11.2. The smallest absolute Gasteiger partial charge is 0.236 e. The molecule has 144 valence electrons. The summed E-state index contributed by atoms with van der Waals surface area (Å²) in [6.45, 7) is 11.1. The molecular formula is C19H34N2O4. The van der Waals surface area contributed by atoms with Crippen LogP contribution in [-0.4, -0.2) is 84.6 Å². The molecule has 0 bridgehead atoms. The van der Waals surface area contributed by atoms with Gasteiger partial charge in [-0.2, -0.15) is 0 Å². The van der Waals surface area contributed by atoms with Gasteiger partial charge in [-0.15, -0.1) is 0 Å². The van der Waals surface area contributed by atoms with E-state index >= 15 is 0 Å². The Balaban J connectivity index is 1.53. The zero-order valence-electron chi connectivity index (χ0n) is 15.9. The number of rotatable bonds is 3. The molecule has 25 heavy (non-hydrogen) atoms. The maximum Gasteiger partial charge on any atom is 0.236 e. The highest BCUT2D eigenvalue weighted by Gasteiger charge is 2.45. The number of hydrogen-bond donors (Lipinski definition) is 1. The number of carbonyl (C=O) groups excluding carboxylic acids is 1. The molecule has 0 saturated carbocycles. The van der Waals surface area contributed by atoms with Crippen LogP contribution in [0.25, 0.3) is 0 Å². The first kappa shape index (κ1) is 19.1. The lowest BCUT2D eigenvalue weighted by molar-refractivity contribution is -0.150. The van der Waals surface area contributed by atoms with Gasteiger partial charge in [0.25, 0.3) is 0 Å². The molecule has 6 nitrogen and oxygen atoms in total. The minimum atomic E-state index is -0.606. The Labute approximate surface area is 151 Å². The van der Waals surface area contributed by atoms with Crippen molar-refractivity contribution in [2.45, 2.75) is 57.8 Å². The highest BCUT2D eigenvalue weighted by atomic mass is 16.5. The molecule has 3 fully saturated rings. The normalized spacial score (nSPS) is 38.7. The summed E-state index contributed by atoms with van der Waals surface area (Å²) in [5.41, 5.74) is -0.606. The predicted octanol–water partition coefficient (Wildman–Crippen LogP) is 1.12. The van der Waals surface area contributed by atoms with Crippen LogP contribution in [0.3, 0.4) is 0 Å². The van der Waals surface area contributed by atoms with Crippen molar-refractivity contribution in [3.05, 3.63) is 0 Å². The number of amides is 1. The lowest BCUT2D eigenvalue weighted by atomic mass is 9.70. The Morgan fingerprint density at radius 3 is 2.36 bits per heavy atom. The van der Waals surface area contributed by atoms with Gasteiger partial charge in [0.2, 0.25) is 5.91 Å². The fraction of sp³-hybridized carbons (Fsp3) is 0.947. The number of piperidine rings is 1. The van der Waals surface area contributed by atoms with Crippen LogP contribution in [0.4, 0.5) is 0 Å². The molecule has 3 rings (SSSR count). The van der Waals surface area contributed by atoms with Gasteiger partial charge in [0.1, 0.15) is 0 Å². The summed E-state index contributed by atoms with van der Waals surface area (Å²) >= 11 is 0.